The molecular formula is C21H23NO11. The van der Waals surface area contributed by atoms with Gasteiger partial charge in [-0.15, -0.1) is 0 Å². The van der Waals surface area contributed by atoms with Gasteiger partial charge in [0.05, 0.1) is 12.7 Å². The first kappa shape index (κ1) is 24.0. The van der Waals surface area contributed by atoms with Crippen LogP contribution >= 0.6 is 0 Å². The van der Waals surface area contributed by atoms with Crippen LogP contribution in [-0.4, -0.2) is 79.2 Å². The number of hydrogen-bond donors (Lipinski definition) is 0. The van der Waals surface area contributed by atoms with Crippen LogP contribution in [0.25, 0.3) is 0 Å². The number of imide groups is 1. The van der Waals surface area contributed by atoms with Crippen LogP contribution in [0.1, 0.15) is 31.1 Å². The van der Waals surface area contributed by atoms with Crippen molar-refractivity contribution in [1.29, 1.82) is 0 Å². The summed E-state index contributed by atoms with van der Waals surface area (Å²) in [4.78, 5) is 60.1. The van der Waals surface area contributed by atoms with Crippen LogP contribution in [0, 0.1) is 0 Å². The molecule has 0 radical (unpaired) electrons. The predicted octanol–water partition coefficient (Wildman–Crippen LogP) is 0.808. The molecule has 0 saturated carbocycles. The van der Waals surface area contributed by atoms with Gasteiger partial charge in [-0.05, 0) is 24.3 Å². The maximum Gasteiger partial charge on any atom is 0.417 e. The van der Waals surface area contributed by atoms with E-state index in [1.165, 1.54) is 38.3 Å². The molecule has 0 spiro atoms. The molecule has 0 aromatic heterocycles. The van der Waals surface area contributed by atoms with Gasteiger partial charge < -0.3 is 28.4 Å². The van der Waals surface area contributed by atoms with E-state index in [1.807, 2.05) is 0 Å². The van der Waals surface area contributed by atoms with Crippen LogP contribution in [0.3, 0.4) is 0 Å². The summed E-state index contributed by atoms with van der Waals surface area (Å²) in [6.45, 7) is 3.19. The molecule has 2 fully saturated rings. The molecule has 12 nitrogen and oxygen atoms in total. The van der Waals surface area contributed by atoms with Crippen molar-refractivity contribution in [3.05, 3.63) is 29.8 Å². The highest BCUT2D eigenvalue weighted by Crippen LogP contribution is 2.36. The summed E-state index contributed by atoms with van der Waals surface area (Å²) in [6, 6.07) is 4.75. The van der Waals surface area contributed by atoms with Crippen molar-refractivity contribution in [1.82, 2.24) is 4.90 Å². The number of benzene rings is 1. The Morgan fingerprint density at radius 3 is 2.24 bits per heavy atom. The third kappa shape index (κ3) is 5.22. The molecule has 12 heteroatoms. The first-order valence-corrected chi connectivity index (χ1v) is 9.94. The van der Waals surface area contributed by atoms with Crippen molar-refractivity contribution < 1.29 is 52.4 Å². The molecule has 0 aliphatic carbocycles. The lowest BCUT2D eigenvalue weighted by atomic mass is 9.96. The molecule has 3 rings (SSSR count). The average molecular weight is 465 g/mol. The number of amides is 2. The maximum absolute atomic E-state index is 12.4. The van der Waals surface area contributed by atoms with Gasteiger partial charge in [0.25, 0.3) is 0 Å². The van der Waals surface area contributed by atoms with Gasteiger partial charge in [-0.3, -0.25) is 14.4 Å². The molecular weight excluding hydrogens is 442 g/mol. The minimum absolute atomic E-state index is 0.242. The van der Waals surface area contributed by atoms with Crippen LogP contribution in [-0.2, 0) is 38.1 Å². The minimum Gasteiger partial charge on any atom is -0.465 e. The van der Waals surface area contributed by atoms with Crippen molar-refractivity contribution in [2.45, 2.75) is 51.4 Å². The lowest BCUT2D eigenvalue weighted by Crippen LogP contribution is -2.63. The van der Waals surface area contributed by atoms with Gasteiger partial charge >= 0.3 is 24.0 Å². The summed E-state index contributed by atoms with van der Waals surface area (Å²) in [5.74, 6) is -2.23. The molecule has 5 atom stereocenters. The summed E-state index contributed by atoms with van der Waals surface area (Å²) < 4.78 is 32.1. The summed E-state index contributed by atoms with van der Waals surface area (Å²) in [6.07, 6.45) is -5.58. The van der Waals surface area contributed by atoms with Gasteiger partial charge in [-0.1, -0.05) is 0 Å². The topological polar surface area (TPSA) is 144 Å². The van der Waals surface area contributed by atoms with Crippen LogP contribution in [0.2, 0.25) is 0 Å². The number of ether oxygens (including phenoxy) is 6. The number of esters is 3. The Morgan fingerprint density at radius 1 is 1.03 bits per heavy atom. The fourth-order valence-electron chi connectivity index (χ4n) is 3.62. The lowest BCUT2D eigenvalue weighted by Gasteiger charge is -2.42. The Morgan fingerprint density at radius 2 is 1.70 bits per heavy atom. The van der Waals surface area contributed by atoms with Gasteiger partial charge in [0.1, 0.15) is 24.5 Å². The first-order chi connectivity index (χ1) is 15.6. The van der Waals surface area contributed by atoms with Crippen molar-refractivity contribution in [3.8, 4) is 5.75 Å². The van der Waals surface area contributed by atoms with E-state index in [0.29, 0.717) is 0 Å². The number of rotatable bonds is 6. The molecule has 1 aromatic rings. The molecule has 178 valence electrons. The van der Waals surface area contributed by atoms with Gasteiger partial charge in [-0.2, -0.15) is 0 Å². The van der Waals surface area contributed by atoms with Crippen molar-refractivity contribution in [2.75, 3.05) is 13.7 Å². The van der Waals surface area contributed by atoms with Crippen LogP contribution in [0.5, 0.6) is 5.75 Å². The smallest absolute Gasteiger partial charge is 0.417 e. The van der Waals surface area contributed by atoms with Crippen LogP contribution < -0.4 is 4.74 Å². The highest BCUT2D eigenvalue weighted by Gasteiger charge is 2.60. The Bertz CT molecular complexity index is 944. The average Bonchev–Trinajstić information content (AvgIpc) is 3.11. The molecule has 33 heavy (non-hydrogen) atoms. The summed E-state index contributed by atoms with van der Waals surface area (Å²) in [7, 11) is 1.25. The van der Waals surface area contributed by atoms with Gasteiger partial charge in [0, 0.05) is 20.8 Å². The quantitative estimate of drug-likeness (QED) is 0.435. The summed E-state index contributed by atoms with van der Waals surface area (Å²) in [5.41, 5.74) is 0.277. The van der Waals surface area contributed by atoms with E-state index >= 15 is 0 Å². The highest BCUT2D eigenvalue weighted by molar-refractivity contribution is 5.92. The molecule has 2 amide bonds. The second kappa shape index (κ2) is 9.86. The normalized spacial score (nSPS) is 26.0. The zero-order chi connectivity index (χ0) is 24.3. The third-order valence-electron chi connectivity index (χ3n) is 4.97. The number of hydrogen-bond acceptors (Lipinski definition) is 11. The monoisotopic (exact) mass is 465 g/mol. The van der Waals surface area contributed by atoms with E-state index < -0.39 is 60.6 Å². The minimum atomic E-state index is -1.26. The molecule has 2 aliphatic rings. The van der Waals surface area contributed by atoms with Crippen molar-refractivity contribution >= 4 is 29.9 Å². The van der Waals surface area contributed by atoms with Crippen molar-refractivity contribution in [3.63, 3.8) is 0 Å². The molecule has 2 saturated heterocycles. The number of carbonyl (C=O) groups is 5. The molecule has 2 heterocycles. The van der Waals surface area contributed by atoms with E-state index in [4.69, 9.17) is 23.7 Å². The molecule has 2 aliphatic heterocycles. The fourth-order valence-corrected chi connectivity index (χ4v) is 3.62. The maximum atomic E-state index is 12.4. The Hall–Kier alpha value is -3.67. The van der Waals surface area contributed by atoms with Crippen molar-refractivity contribution in [2.24, 2.45) is 0 Å². The lowest BCUT2D eigenvalue weighted by molar-refractivity contribution is -0.247. The van der Waals surface area contributed by atoms with Crippen LogP contribution in [0.15, 0.2) is 24.3 Å². The standard InChI is InChI=1S/C21H23NO11/c1-10(23)22-16-18(33-21(22)27)17(30-12(3)25)15(9-29-11(2)24)32-20(16)31-14-7-5-13(6-8-14)19(26)28-4/h5-8,15-18,20H,9H2,1-4H3/t15-,16-,17-,18-,20?/m1/s1. The summed E-state index contributed by atoms with van der Waals surface area (Å²) >= 11 is 0. The van der Waals surface area contributed by atoms with E-state index in [-0.39, 0.29) is 17.9 Å². The zero-order valence-electron chi connectivity index (χ0n) is 18.3. The molecule has 0 N–H and O–H groups in total. The van der Waals surface area contributed by atoms with E-state index in [0.717, 1.165) is 18.7 Å². The number of fused-ring (bicyclic) bond motifs is 1. The van der Waals surface area contributed by atoms with Gasteiger partial charge in [0.2, 0.25) is 12.2 Å². The van der Waals surface area contributed by atoms with Gasteiger partial charge in [0.15, 0.2) is 12.2 Å². The fraction of sp³-hybridized carbons (Fsp3) is 0.476. The van der Waals surface area contributed by atoms with E-state index in [2.05, 4.69) is 4.74 Å². The predicted molar refractivity (Wildman–Crippen MR) is 106 cm³/mol. The summed E-state index contributed by atoms with van der Waals surface area (Å²) in [5, 5.41) is 0. The first-order valence-electron chi connectivity index (χ1n) is 9.94. The number of nitrogens with zero attached hydrogens (tertiary/aromatic N) is 1. The molecule has 0 bridgehead atoms. The SMILES string of the molecule is COC(=O)c1ccc(OC2O[C@H](COC(C)=O)[C@@H](OC(C)=O)[C@@H]3OC(=O)N(C(C)=O)[C@@H]23)cc1. The molecule has 1 aromatic carbocycles. The Balaban J connectivity index is 1.93. The number of carbonyl (C=O) groups excluding carboxylic acids is 5. The van der Waals surface area contributed by atoms with Crippen LogP contribution in [0.4, 0.5) is 4.79 Å². The Kier molecular flexibility index (Phi) is 7.16. The second-order valence-electron chi connectivity index (χ2n) is 7.28. The van der Waals surface area contributed by atoms with Gasteiger partial charge in [-0.25, -0.2) is 14.5 Å². The second-order valence-corrected chi connectivity index (χ2v) is 7.28. The molecule has 1 unspecified atom stereocenters. The number of methoxy groups -OCH3 is 1. The van der Waals surface area contributed by atoms with E-state index in [9.17, 15) is 24.0 Å². The highest BCUT2D eigenvalue weighted by atomic mass is 16.7. The van der Waals surface area contributed by atoms with E-state index in [1.54, 1.807) is 0 Å². The zero-order valence-corrected chi connectivity index (χ0v) is 18.3. The Labute approximate surface area is 188 Å². The third-order valence-corrected chi connectivity index (χ3v) is 4.97. The largest absolute Gasteiger partial charge is 0.465 e.